The van der Waals surface area contributed by atoms with Crippen LogP contribution in [-0.2, 0) is 9.59 Å². The summed E-state index contributed by atoms with van der Waals surface area (Å²) in [5.74, 6) is -1.17. The average Bonchev–Trinajstić information content (AvgIpc) is 2.46. The van der Waals surface area contributed by atoms with Crippen LogP contribution in [0.1, 0.15) is 19.8 Å². The lowest BCUT2D eigenvalue weighted by molar-refractivity contribution is -0.166. The Hall–Kier alpha value is -1.50. The van der Waals surface area contributed by atoms with E-state index in [9.17, 15) is 14.7 Å². The van der Waals surface area contributed by atoms with E-state index >= 15 is 0 Å². The molecular formula is C15H17Cl2NO5. The Labute approximate surface area is 143 Å². The second-order valence-corrected chi connectivity index (χ2v) is 6.40. The highest BCUT2D eigenvalue weighted by atomic mass is 35.5. The monoisotopic (exact) mass is 361 g/mol. The zero-order valence-electron chi connectivity index (χ0n) is 12.5. The van der Waals surface area contributed by atoms with Gasteiger partial charge in [0, 0.05) is 36.0 Å². The molecule has 0 bridgehead atoms. The fourth-order valence-corrected chi connectivity index (χ4v) is 2.93. The summed E-state index contributed by atoms with van der Waals surface area (Å²) in [6.07, 6.45) is -0.798. The number of hydrogen-bond acceptors (Lipinski definition) is 4. The first-order valence-electron chi connectivity index (χ1n) is 7.08. The fraction of sp³-hybridized carbons (Fsp3) is 0.467. The Morgan fingerprint density at radius 2 is 1.74 bits per heavy atom. The lowest BCUT2D eigenvalue weighted by atomic mass is 9.91. The number of amides is 1. The van der Waals surface area contributed by atoms with Gasteiger partial charge in [-0.25, -0.2) is 4.79 Å². The number of benzene rings is 1. The van der Waals surface area contributed by atoms with Crippen LogP contribution in [0.15, 0.2) is 18.2 Å². The standard InChI is InChI=1S/C15H17Cl2NO5/c1-9(23-12-7-10(16)6-11(17)8-12)13(19)18-4-2-15(22,3-5-18)14(20)21/h6-9,22H,2-5H2,1H3,(H,20,21). The Morgan fingerprint density at radius 1 is 1.22 bits per heavy atom. The van der Waals surface area contributed by atoms with Crippen LogP contribution >= 0.6 is 23.2 Å². The Morgan fingerprint density at radius 3 is 2.22 bits per heavy atom. The molecule has 0 spiro atoms. The molecule has 1 aliphatic heterocycles. The Bertz CT molecular complexity index is 594. The van der Waals surface area contributed by atoms with Crippen molar-refractivity contribution in [2.45, 2.75) is 31.5 Å². The van der Waals surface area contributed by atoms with Crippen molar-refractivity contribution in [1.29, 1.82) is 0 Å². The molecule has 1 atom stereocenters. The minimum absolute atomic E-state index is 0.0101. The summed E-state index contributed by atoms with van der Waals surface area (Å²) in [6, 6.07) is 4.66. The molecular weight excluding hydrogens is 345 g/mol. The first kappa shape index (κ1) is 17.8. The zero-order valence-corrected chi connectivity index (χ0v) is 14.0. The number of piperidine rings is 1. The number of halogens is 2. The first-order valence-corrected chi connectivity index (χ1v) is 7.84. The van der Waals surface area contributed by atoms with Crippen LogP contribution in [0.2, 0.25) is 10.0 Å². The second-order valence-electron chi connectivity index (χ2n) is 5.53. The van der Waals surface area contributed by atoms with Gasteiger partial charge in [-0.1, -0.05) is 23.2 Å². The first-order chi connectivity index (χ1) is 10.7. The van der Waals surface area contributed by atoms with Crippen molar-refractivity contribution >= 4 is 35.1 Å². The molecule has 1 aromatic rings. The van der Waals surface area contributed by atoms with Gasteiger partial charge < -0.3 is 19.8 Å². The Kier molecular flexibility index (Phi) is 5.39. The highest BCUT2D eigenvalue weighted by Gasteiger charge is 2.41. The summed E-state index contributed by atoms with van der Waals surface area (Å²) in [6.45, 7) is 1.91. The van der Waals surface area contributed by atoms with Crippen molar-refractivity contribution in [2.24, 2.45) is 0 Å². The summed E-state index contributed by atoms with van der Waals surface area (Å²) in [5, 5.41) is 19.7. The predicted molar refractivity (Wildman–Crippen MR) is 85.0 cm³/mol. The maximum Gasteiger partial charge on any atom is 0.335 e. The van der Waals surface area contributed by atoms with E-state index in [2.05, 4.69) is 0 Å². The minimum Gasteiger partial charge on any atom is -0.481 e. The summed E-state index contributed by atoms with van der Waals surface area (Å²) in [4.78, 5) is 24.8. The molecule has 1 unspecified atom stereocenters. The smallest absolute Gasteiger partial charge is 0.335 e. The third-order valence-electron chi connectivity index (χ3n) is 3.80. The molecule has 2 rings (SSSR count). The van der Waals surface area contributed by atoms with Crippen LogP contribution in [0, 0.1) is 0 Å². The van der Waals surface area contributed by atoms with E-state index in [1.165, 1.54) is 4.90 Å². The number of hydrogen-bond donors (Lipinski definition) is 2. The normalized spacial score (nSPS) is 18.3. The van der Waals surface area contributed by atoms with Crippen LogP contribution < -0.4 is 4.74 Å². The van der Waals surface area contributed by atoms with Gasteiger partial charge in [-0.15, -0.1) is 0 Å². The lowest BCUT2D eigenvalue weighted by Gasteiger charge is -2.36. The van der Waals surface area contributed by atoms with Crippen LogP contribution in [0.3, 0.4) is 0 Å². The van der Waals surface area contributed by atoms with Gasteiger partial charge in [0.2, 0.25) is 0 Å². The number of aliphatic hydroxyl groups is 1. The van der Waals surface area contributed by atoms with E-state index in [0.717, 1.165) is 0 Å². The van der Waals surface area contributed by atoms with E-state index in [4.69, 9.17) is 33.0 Å². The van der Waals surface area contributed by atoms with E-state index in [1.54, 1.807) is 25.1 Å². The predicted octanol–water partition coefficient (Wildman–Crippen LogP) is 2.20. The van der Waals surface area contributed by atoms with Gasteiger partial charge in [-0.3, -0.25) is 4.79 Å². The number of nitrogens with zero attached hydrogens (tertiary/aromatic N) is 1. The van der Waals surface area contributed by atoms with E-state index in [-0.39, 0.29) is 31.8 Å². The molecule has 0 aliphatic carbocycles. The minimum atomic E-state index is -1.76. The third kappa shape index (κ3) is 4.28. The molecule has 1 fully saturated rings. The fourth-order valence-electron chi connectivity index (χ4n) is 2.42. The molecule has 126 valence electrons. The molecule has 1 heterocycles. The molecule has 0 aromatic heterocycles. The quantitative estimate of drug-likeness (QED) is 0.858. The molecule has 1 saturated heterocycles. The molecule has 2 N–H and O–H groups in total. The zero-order chi connectivity index (χ0) is 17.2. The summed E-state index contributed by atoms with van der Waals surface area (Å²) >= 11 is 11.8. The summed E-state index contributed by atoms with van der Waals surface area (Å²) < 4.78 is 5.55. The number of likely N-dealkylation sites (tertiary alicyclic amines) is 1. The van der Waals surface area contributed by atoms with Gasteiger partial charge in [0.1, 0.15) is 5.75 Å². The van der Waals surface area contributed by atoms with Crippen LogP contribution in [0.25, 0.3) is 0 Å². The number of carboxylic acids is 1. The van der Waals surface area contributed by atoms with E-state index in [1.807, 2.05) is 0 Å². The van der Waals surface area contributed by atoms with Crippen molar-refractivity contribution < 1.29 is 24.5 Å². The van der Waals surface area contributed by atoms with Gasteiger partial charge in [0.25, 0.3) is 5.91 Å². The van der Waals surface area contributed by atoms with Gasteiger partial charge in [0.15, 0.2) is 11.7 Å². The molecule has 23 heavy (non-hydrogen) atoms. The van der Waals surface area contributed by atoms with Gasteiger partial charge in [-0.2, -0.15) is 0 Å². The van der Waals surface area contributed by atoms with E-state index in [0.29, 0.717) is 15.8 Å². The molecule has 1 amide bonds. The van der Waals surface area contributed by atoms with Gasteiger partial charge >= 0.3 is 5.97 Å². The van der Waals surface area contributed by atoms with Crippen LogP contribution in [-0.4, -0.2) is 51.8 Å². The van der Waals surface area contributed by atoms with Gasteiger partial charge in [-0.05, 0) is 25.1 Å². The second kappa shape index (κ2) is 6.95. The van der Waals surface area contributed by atoms with Gasteiger partial charge in [0.05, 0.1) is 0 Å². The van der Waals surface area contributed by atoms with Crippen molar-refractivity contribution in [3.8, 4) is 5.75 Å². The van der Waals surface area contributed by atoms with Crippen molar-refractivity contribution in [2.75, 3.05) is 13.1 Å². The maximum absolute atomic E-state index is 12.4. The van der Waals surface area contributed by atoms with E-state index < -0.39 is 17.7 Å². The summed E-state index contributed by atoms with van der Waals surface area (Å²) in [7, 11) is 0. The van der Waals surface area contributed by atoms with Crippen molar-refractivity contribution in [3.05, 3.63) is 28.2 Å². The number of carbonyl (C=O) groups excluding carboxylic acids is 1. The molecule has 1 aliphatic rings. The number of rotatable bonds is 4. The van der Waals surface area contributed by atoms with Crippen molar-refractivity contribution in [3.63, 3.8) is 0 Å². The van der Waals surface area contributed by atoms with Crippen LogP contribution in [0.5, 0.6) is 5.75 Å². The molecule has 8 heteroatoms. The van der Waals surface area contributed by atoms with Crippen molar-refractivity contribution in [1.82, 2.24) is 4.90 Å². The SMILES string of the molecule is CC(Oc1cc(Cl)cc(Cl)c1)C(=O)N1CCC(O)(C(=O)O)CC1. The largest absolute Gasteiger partial charge is 0.481 e. The van der Waals surface area contributed by atoms with Crippen LogP contribution in [0.4, 0.5) is 0 Å². The molecule has 1 aromatic carbocycles. The number of ether oxygens (including phenoxy) is 1. The molecule has 0 saturated carbocycles. The lowest BCUT2D eigenvalue weighted by Crippen LogP contribution is -2.53. The Balaban J connectivity index is 1.97. The third-order valence-corrected chi connectivity index (χ3v) is 4.23. The summed E-state index contributed by atoms with van der Waals surface area (Å²) in [5.41, 5.74) is -1.76. The highest BCUT2D eigenvalue weighted by Crippen LogP contribution is 2.26. The highest BCUT2D eigenvalue weighted by molar-refractivity contribution is 6.34. The maximum atomic E-state index is 12.4. The number of aliphatic carboxylic acids is 1. The molecule has 0 radical (unpaired) electrons. The average molecular weight is 362 g/mol. The number of carbonyl (C=O) groups is 2. The topological polar surface area (TPSA) is 87.1 Å². The number of carboxylic acid groups (broad SMARTS) is 1. The molecule has 6 nitrogen and oxygen atoms in total.